The maximum absolute atomic E-state index is 14.0. The van der Waals surface area contributed by atoms with Crippen molar-refractivity contribution in [1.29, 1.82) is 0 Å². The molecule has 2 heterocycles. The molecule has 110 valence electrons. The molecule has 0 atom stereocenters. The Morgan fingerprint density at radius 3 is 2.82 bits per heavy atom. The van der Waals surface area contributed by atoms with Crippen molar-refractivity contribution in [2.75, 3.05) is 11.4 Å². The van der Waals surface area contributed by atoms with Crippen LogP contribution in [-0.2, 0) is 6.42 Å². The van der Waals surface area contributed by atoms with Gasteiger partial charge in [0.15, 0.2) is 0 Å². The number of benzene rings is 2. The number of anilines is 1. The third-order valence-electron chi connectivity index (χ3n) is 4.23. The van der Waals surface area contributed by atoms with Crippen molar-refractivity contribution in [1.82, 2.24) is 0 Å². The molecule has 0 N–H and O–H groups in total. The van der Waals surface area contributed by atoms with Crippen molar-refractivity contribution in [3.05, 3.63) is 64.3 Å². The Balaban J connectivity index is 1.82. The molecule has 0 bridgehead atoms. The maximum Gasteiger partial charge on any atom is 0.268 e. The van der Waals surface area contributed by atoms with E-state index in [-0.39, 0.29) is 11.7 Å². The fraction of sp³-hybridized carbons (Fsp3) is 0.167. The highest BCUT2D eigenvalue weighted by Gasteiger charge is 2.28. The van der Waals surface area contributed by atoms with Gasteiger partial charge in [-0.25, -0.2) is 4.39 Å². The molecule has 0 radical (unpaired) electrons. The van der Waals surface area contributed by atoms with Crippen LogP contribution >= 0.6 is 11.3 Å². The number of carbonyl (C=O) groups is 1. The number of nitrogens with zero attached hydrogens (tertiary/aromatic N) is 1. The molecule has 0 saturated carbocycles. The van der Waals surface area contributed by atoms with Gasteiger partial charge in [0.25, 0.3) is 5.91 Å². The van der Waals surface area contributed by atoms with Gasteiger partial charge in [-0.15, -0.1) is 11.3 Å². The van der Waals surface area contributed by atoms with E-state index in [1.54, 1.807) is 6.07 Å². The first kappa shape index (κ1) is 13.5. The van der Waals surface area contributed by atoms with E-state index < -0.39 is 0 Å². The number of thiophene rings is 1. The molecule has 0 unspecified atom stereocenters. The second-order valence-corrected chi connectivity index (χ2v) is 6.56. The van der Waals surface area contributed by atoms with Crippen molar-refractivity contribution >= 4 is 33.0 Å². The average Bonchev–Trinajstić information content (AvgIpc) is 3.09. The van der Waals surface area contributed by atoms with Gasteiger partial charge in [0.1, 0.15) is 5.82 Å². The topological polar surface area (TPSA) is 20.3 Å². The quantitative estimate of drug-likeness (QED) is 0.645. The number of para-hydroxylation sites is 1. The molecule has 1 aromatic heterocycles. The zero-order valence-electron chi connectivity index (χ0n) is 12.1. The van der Waals surface area contributed by atoms with E-state index in [0.29, 0.717) is 16.8 Å². The summed E-state index contributed by atoms with van der Waals surface area (Å²) in [4.78, 5) is 15.4. The molecule has 0 aliphatic carbocycles. The number of halogens is 1. The lowest BCUT2D eigenvalue weighted by molar-refractivity contribution is 0.0993. The minimum Gasteiger partial charge on any atom is -0.307 e. The molecule has 2 aromatic carbocycles. The number of aryl methyl sites for hydroxylation is 1. The Morgan fingerprint density at radius 2 is 2.00 bits per heavy atom. The summed E-state index contributed by atoms with van der Waals surface area (Å²) >= 11 is 1.38. The van der Waals surface area contributed by atoms with Crippen molar-refractivity contribution in [2.45, 2.75) is 13.3 Å². The number of carbonyl (C=O) groups excluding carboxylic acids is 1. The van der Waals surface area contributed by atoms with Crippen molar-refractivity contribution in [3.8, 4) is 0 Å². The van der Waals surface area contributed by atoms with Gasteiger partial charge in [-0.3, -0.25) is 4.79 Å². The van der Waals surface area contributed by atoms with Gasteiger partial charge >= 0.3 is 0 Å². The number of fused-ring (bicyclic) bond motifs is 2. The Hall–Kier alpha value is -2.20. The van der Waals surface area contributed by atoms with E-state index in [9.17, 15) is 9.18 Å². The van der Waals surface area contributed by atoms with Crippen LogP contribution in [-0.4, -0.2) is 12.5 Å². The van der Waals surface area contributed by atoms with E-state index in [1.807, 2.05) is 36.1 Å². The van der Waals surface area contributed by atoms with Crippen LogP contribution in [0.2, 0.25) is 0 Å². The molecule has 0 spiro atoms. The molecule has 4 rings (SSSR count). The summed E-state index contributed by atoms with van der Waals surface area (Å²) in [6, 6.07) is 13.0. The lowest BCUT2D eigenvalue weighted by Crippen LogP contribution is -2.28. The summed E-state index contributed by atoms with van der Waals surface area (Å²) in [5.74, 6) is -0.282. The summed E-state index contributed by atoms with van der Waals surface area (Å²) in [5.41, 5.74) is 2.91. The van der Waals surface area contributed by atoms with E-state index in [4.69, 9.17) is 0 Å². The smallest absolute Gasteiger partial charge is 0.268 e. The highest BCUT2D eigenvalue weighted by Crippen LogP contribution is 2.36. The second kappa shape index (κ2) is 4.92. The van der Waals surface area contributed by atoms with Gasteiger partial charge in [0.05, 0.1) is 4.88 Å². The predicted octanol–water partition coefficient (Wildman–Crippen LogP) is 4.55. The first-order chi connectivity index (χ1) is 10.7. The van der Waals surface area contributed by atoms with Crippen molar-refractivity contribution in [2.24, 2.45) is 0 Å². The Kier molecular flexibility index (Phi) is 3.01. The van der Waals surface area contributed by atoms with Crippen molar-refractivity contribution in [3.63, 3.8) is 0 Å². The average molecular weight is 311 g/mol. The molecule has 22 heavy (non-hydrogen) atoms. The standard InChI is InChI=1S/C18H14FNOS/c1-11-16-13(19)6-4-8-15(16)22-17(11)18(21)20-10-9-12-5-2-3-7-14(12)20/h2-8H,9-10H2,1H3. The fourth-order valence-corrected chi connectivity index (χ4v) is 4.30. The summed E-state index contributed by atoms with van der Waals surface area (Å²) in [7, 11) is 0. The molecule has 3 aromatic rings. The van der Waals surface area contributed by atoms with Gasteiger partial charge in [-0.1, -0.05) is 24.3 Å². The summed E-state index contributed by atoms with van der Waals surface area (Å²) in [6.45, 7) is 2.52. The van der Waals surface area contributed by atoms with Crippen LogP contribution in [0.3, 0.4) is 0 Å². The molecule has 0 fully saturated rings. The molecular formula is C18H14FNOS. The largest absolute Gasteiger partial charge is 0.307 e. The highest BCUT2D eigenvalue weighted by molar-refractivity contribution is 7.21. The highest BCUT2D eigenvalue weighted by atomic mass is 32.1. The van der Waals surface area contributed by atoms with Crippen LogP contribution in [0.5, 0.6) is 0 Å². The van der Waals surface area contributed by atoms with Gasteiger partial charge in [-0.2, -0.15) is 0 Å². The monoisotopic (exact) mass is 311 g/mol. The Bertz CT molecular complexity index is 899. The lowest BCUT2D eigenvalue weighted by Gasteiger charge is -2.16. The fourth-order valence-electron chi connectivity index (χ4n) is 3.13. The van der Waals surface area contributed by atoms with Crippen LogP contribution in [0.25, 0.3) is 10.1 Å². The first-order valence-corrected chi connectivity index (χ1v) is 8.06. The van der Waals surface area contributed by atoms with Crippen LogP contribution < -0.4 is 4.90 Å². The summed E-state index contributed by atoms with van der Waals surface area (Å²) in [5, 5.41) is 0.573. The van der Waals surface area contributed by atoms with Gasteiger partial charge < -0.3 is 4.90 Å². The summed E-state index contributed by atoms with van der Waals surface area (Å²) in [6.07, 6.45) is 0.875. The van der Waals surface area contributed by atoms with E-state index >= 15 is 0 Å². The Morgan fingerprint density at radius 1 is 1.18 bits per heavy atom. The minimum absolute atomic E-state index is 0.0250. The van der Waals surface area contributed by atoms with Gasteiger partial charge in [0.2, 0.25) is 0 Å². The van der Waals surface area contributed by atoms with Gasteiger partial charge in [0, 0.05) is 22.3 Å². The van der Waals surface area contributed by atoms with Crippen LogP contribution in [0.15, 0.2) is 42.5 Å². The lowest BCUT2D eigenvalue weighted by atomic mass is 10.1. The van der Waals surface area contributed by atoms with E-state index in [1.165, 1.54) is 23.0 Å². The molecule has 1 aliphatic rings. The Labute approximate surface area is 131 Å². The zero-order chi connectivity index (χ0) is 15.3. The number of hydrogen-bond donors (Lipinski definition) is 0. The second-order valence-electron chi connectivity index (χ2n) is 5.50. The van der Waals surface area contributed by atoms with E-state index in [2.05, 4.69) is 6.07 Å². The molecule has 4 heteroatoms. The molecular weight excluding hydrogens is 297 g/mol. The third-order valence-corrected chi connectivity index (χ3v) is 5.47. The maximum atomic E-state index is 14.0. The normalized spacial score (nSPS) is 13.6. The molecule has 1 aliphatic heterocycles. The number of hydrogen-bond acceptors (Lipinski definition) is 2. The van der Waals surface area contributed by atoms with Crippen molar-refractivity contribution < 1.29 is 9.18 Å². The SMILES string of the molecule is Cc1c(C(=O)N2CCc3ccccc32)sc2cccc(F)c12. The van der Waals surface area contributed by atoms with Crippen LogP contribution in [0, 0.1) is 12.7 Å². The van der Waals surface area contributed by atoms with E-state index in [0.717, 1.165) is 22.4 Å². The molecule has 2 nitrogen and oxygen atoms in total. The van der Waals surface area contributed by atoms with Crippen LogP contribution in [0.4, 0.5) is 10.1 Å². The predicted molar refractivity (Wildman–Crippen MR) is 88.3 cm³/mol. The minimum atomic E-state index is -0.257. The molecule has 1 amide bonds. The number of rotatable bonds is 1. The van der Waals surface area contributed by atoms with Gasteiger partial charge in [-0.05, 0) is 42.7 Å². The zero-order valence-corrected chi connectivity index (χ0v) is 12.9. The first-order valence-electron chi connectivity index (χ1n) is 7.24. The number of amides is 1. The van der Waals surface area contributed by atoms with Crippen LogP contribution in [0.1, 0.15) is 20.8 Å². The third kappa shape index (κ3) is 1.87. The molecule has 0 saturated heterocycles. The summed E-state index contributed by atoms with van der Waals surface area (Å²) < 4.78 is 14.8.